The minimum absolute atomic E-state index is 0.805. The molecule has 0 amide bonds. The van der Waals surface area contributed by atoms with Gasteiger partial charge < -0.3 is 5.11 Å². The van der Waals surface area contributed by atoms with Crippen molar-refractivity contribution in [1.82, 2.24) is 0 Å². The Morgan fingerprint density at radius 2 is 2.00 bits per heavy atom. The number of hydrogen-bond donors (Lipinski definition) is 1. The van der Waals surface area contributed by atoms with E-state index in [0.29, 0.717) is 0 Å². The van der Waals surface area contributed by atoms with Crippen molar-refractivity contribution in [2.24, 2.45) is 0 Å². The van der Waals surface area contributed by atoms with E-state index in [1.807, 2.05) is 25.1 Å². The number of carboxylic acid groups (broad SMARTS) is 1. The van der Waals surface area contributed by atoms with E-state index in [1.165, 1.54) is 11.6 Å². The van der Waals surface area contributed by atoms with Gasteiger partial charge in [-0.3, -0.25) is 0 Å². The van der Waals surface area contributed by atoms with Crippen LogP contribution in [0.3, 0.4) is 0 Å². The van der Waals surface area contributed by atoms with Crippen LogP contribution in [-0.2, 0) is 11.2 Å². The van der Waals surface area contributed by atoms with Crippen LogP contribution in [0.4, 0.5) is 0 Å². The number of carboxylic acids is 1. The maximum atomic E-state index is 10.5. The summed E-state index contributed by atoms with van der Waals surface area (Å²) in [5.74, 6) is -0.847. The van der Waals surface area contributed by atoms with Gasteiger partial charge in [0.25, 0.3) is 0 Å². The first-order valence-corrected chi connectivity index (χ1v) is 5.18. The highest BCUT2D eigenvalue weighted by molar-refractivity contribution is 5.80. The molecule has 0 unspecified atom stereocenters. The summed E-state index contributed by atoms with van der Waals surface area (Å²) in [6.07, 6.45) is 3.86. The third-order valence-electron chi connectivity index (χ3n) is 2.36. The Kier molecular flexibility index (Phi) is 4.61. The van der Waals surface area contributed by atoms with Gasteiger partial charge in [0.05, 0.1) is 0 Å². The molecule has 0 spiro atoms. The molecule has 2 heteroatoms. The van der Waals surface area contributed by atoms with Crippen LogP contribution in [0, 0.1) is 0 Å². The lowest BCUT2D eigenvalue weighted by Gasteiger charge is -2.03. The van der Waals surface area contributed by atoms with E-state index in [1.54, 1.807) is 0 Å². The van der Waals surface area contributed by atoms with E-state index < -0.39 is 5.97 Å². The van der Waals surface area contributed by atoms with Crippen LogP contribution in [0.1, 0.15) is 25.3 Å². The van der Waals surface area contributed by atoms with Crippen LogP contribution >= 0.6 is 0 Å². The fourth-order valence-electron chi connectivity index (χ4n) is 1.48. The van der Waals surface area contributed by atoms with Gasteiger partial charge in [-0.1, -0.05) is 42.8 Å². The second-order valence-corrected chi connectivity index (χ2v) is 3.48. The summed E-state index contributed by atoms with van der Waals surface area (Å²) in [5.41, 5.74) is 2.24. The molecule has 15 heavy (non-hydrogen) atoms. The summed E-state index contributed by atoms with van der Waals surface area (Å²) >= 11 is 0. The molecule has 1 aromatic rings. The van der Waals surface area contributed by atoms with Gasteiger partial charge in [0.2, 0.25) is 0 Å². The minimum atomic E-state index is -0.847. The van der Waals surface area contributed by atoms with Crippen LogP contribution in [-0.4, -0.2) is 11.1 Å². The lowest BCUT2D eigenvalue weighted by Crippen LogP contribution is -1.94. The molecule has 0 fully saturated rings. The van der Waals surface area contributed by atoms with Crippen molar-refractivity contribution in [3.05, 3.63) is 47.5 Å². The normalized spacial score (nSPS) is 11.4. The predicted octanol–water partition coefficient (Wildman–Crippen LogP) is 3.04. The van der Waals surface area contributed by atoms with Gasteiger partial charge in [-0.05, 0) is 24.8 Å². The average molecular weight is 204 g/mol. The Morgan fingerprint density at radius 1 is 1.33 bits per heavy atom. The summed E-state index contributed by atoms with van der Waals surface area (Å²) in [5, 5.41) is 8.64. The number of hydrogen-bond acceptors (Lipinski definition) is 1. The first-order valence-electron chi connectivity index (χ1n) is 5.18. The second kappa shape index (κ2) is 6.02. The van der Waals surface area contributed by atoms with E-state index in [2.05, 4.69) is 12.1 Å². The topological polar surface area (TPSA) is 37.3 Å². The molecule has 0 saturated carbocycles. The fraction of sp³-hybridized carbons (Fsp3) is 0.308. The number of allylic oxidation sites excluding steroid dienone is 1. The predicted molar refractivity (Wildman–Crippen MR) is 60.8 cm³/mol. The molecule has 2 nitrogen and oxygen atoms in total. The first-order chi connectivity index (χ1) is 7.22. The zero-order valence-corrected chi connectivity index (χ0v) is 8.94. The minimum Gasteiger partial charge on any atom is -0.478 e. The van der Waals surface area contributed by atoms with Crippen LogP contribution in [0.5, 0.6) is 0 Å². The fourth-order valence-corrected chi connectivity index (χ4v) is 1.48. The Bertz CT molecular complexity index is 339. The van der Waals surface area contributed by atoms with Crippen LogP contribution in [0.25, 0.3) is 0 Å². The lowest BCUT2D eigenvalue weighted by molar-refractivity contribution is -0.131. The number of aryl methyl sites for hydroxylation is 1. The Morgan fingerprint density at radius 3 is 2.53 bits per heavy atom. The van der Waals surface area contributed by atoms with Gasteiger partial charge in [0.1, 0.15) is 0 Å². The zero-order valence-electron chi connectivity index (χ0n) is 8.94. The molecule has 0 heterocycles. The van der Waals surface area contributed by atoms with Crippen molar-refractivity contribution in [3.63, 3.8) is 0 Å². The van der Waals surface area contributed by atoms with Gasteiger partial charge in [-0.25, -0.2) is 4.79 Å². The van der Waals surface area contributed by atoms with E-state index in [4.69, 9.17) is 5.11 Å². The van der Waals surface area contributed by atoms with E-state index in [-0.39, 0.29) is 0 Å². The molecule has 1 rings (SSSR count). The Balaban J connectivity index is 2.52. The molecule has 1 aromatic carbocycles. The number of aliphatic carboxylic acids is 1. The molecule has 0 aromatic heterocycles. The van der Waals surface area contributed by atoms with Crippen molar-refractivity contribution in [3.8, 4) is 0 Å². The van der Waals surface area contributed by atoms with Gasteiger partial charge in [0, 0.05) is 6.08 Å². The summed E-state index contributed by atoms with van der Waals surface area (Å²) in [6.45, 7) is 1.99. The molecule has 0 bridgehead atoms. The number of carbonyl (C=O) groups is 1. The summed E-state index contributed by atoms with van der Waals surface area (Å²) in [7, 11) is 0. The van der Waals surface area contributed by atoms with Crippen molar-refractivity contribution in [2.75, 3.05) is 0 Å². The number of benzene rings is 1. The molecular weight excluding hydrogens is 188 g/mol. The molecule has 0 atom stereocenters. The van der Waals surface area contributed by atoms with Crippen molar-refractivity contribution in [2.45, 2.75) is 26.2 Å². The SMILES string of the molecule is CC/C(=C\C(=O)O)CCc1ccccc1. The maximum Gasteiger partial charge on any atom is 0.328 e. The van der Waals surface area contributed by atoms with Crippen LogP contribution < -0.4 is 0 Å². The standard InChI is InChI=1S/C13H16O2/c1-2-11(10-13(14)15)8-9-12-6-4-3-5-7-12/h3-7,10H,2,8-9H2,1H3,(H,14,15)/b11-10+. The van der Waals surface area contributed by atoms with Crippen molar-refractivity contribution >= 4 is 5.97 Å². The van der Waals surface area contributed by atoms with Gasteiger partial charge in [-0.2, -0.15) is 0 Å². The molecule has 80 valence electrons. The van der Waals surface area contributed by atoms with Crippen LogP contribution in [0.2, 0.25) is 0 Å². The average Bonchev–Trinajstić information content (AvgIpc) is 2.25. The highest BCUT2D eigenvalue weighted by Gasteiger charge is 1.99. The molecular formula is C13H16O2. The van der Waals surface area contributed by atoms with Crippen LogP contribution in [0.15, 0.2) is 42.0 Å². The highest BCUT2D eigenvalue weighted by atomic mass is 16.4. The summed E-state index contributed by atoms with van der Waals surface area (Å²) in [4.78, 5) is 10.5. The molecule has 0 aliphatic carbocycles. The largest absolute Gasteiger partial charge is 0.478 e. The highest BCUT2D eigenvalue weighted by Crippen LogP contribution is 2.11. The molecule has 0 aliphatic rings. The van der Waals surface area contributed by atoms with Crippen molar-refractivity contribution in [1.29, 1.82) is 0 Å². The first kappa shape index (κ1) is 11.5. The van der Waals surface area contributed by atoms with Crippen molar-refractivity contribution < 1.29 is 9.90 Å². The molecule has 0 aliphatic heterocycles. The second-order valence-electron chi connectivity index (χ2n) is 3.48. The smallest absolute Gasteiger partial charge is 0.328 e. The zero-order chi connectivity index (χ0) is 11.1. The molecule has 0 radical (unpaired) electrons. The van der Waals surface area contributed by atoms with Gasteiger partial charge in [-0.15, -0.1) is 0 Å². The Hall–Kier alpha value is -1.57. The third-order valence-corrected chi connectivity index (χ3v) is 2.36. The monoisotopic (exact) mass is 204 g/mol. The summed E-state index contributed by atoms with van der Waals surface area (Å²) in [6, 6.07) is 10.1. The number of rotatable bonds is 5. The van der Waals surface area contributed by atoms with Gasteiger partial charge >= 0.3 is 5.97 Å². The third kappa shape index (κ3) is 4.45. The molecule has 1 N–H and O–H groups in total. The Labute approximate surface area is 90.3 Å². The maximum absolute atomic E-state index is 10.5. The quantitative estimate of drug-likeness (QED) is 0.748. The van der Waals surface area contributed by atoms with Gasteiger partial charge in [0.15, 0.2) is 0 Å². The summed E-state index contributed by atoms with van der Waals surface area (Å²) < 4.78 is 0. The van der Waals surface area contributed by atoms with E-state index >= 15 is 0 Å². The van der Waals surface area contributed by atoms with E-state index in [0.717, 1.165) is 24.8 Å². The molecule has 0 saturated heterocycles. The van der Waals surface area contributed by atoms with E-state index in [9.17, 15) is 4.79 Å². The lowest BCUT2D eigenvalue weighted by atomic mass is 10.0.